The van der Waals surface area contributed by atoms with E-state index in [4.69, 9.17) is 9.15 Å². The lowest BCUT2D eigenvalue weighted by Crippen LogP contribution is -2.29. The summed E-state index contributed by atoms with van der Waals surface area (Å²) < 4.78 is 10.7. The van der Waals surface area contributed by atoms with Crippen molar-refractivity contribution >= 4 is 5.91 Å². The van der Waals surface area contributed by atoms with Crippen molar-refractivity contribution < 1.29 is 13.9 Å². The Morgan fingerprint density at radius 3 is 2.40 bits per heavy atom. The number of ether oxygens (including phenoxy) is 1. The highest BCUT2D eigenvalue weighted by Gasteiger charge is 2.21. The Morgan fingerprint density at radius 2 is 1.80 bits per heavy atom. The highest BCUT2D eigenvalue weighted by molar-refractivity contribution is 5.92. The average molecular weight is 336 g/mol. The normalized spacial score (nSPS) is 11.8. The molecule has 0 fully saturated rings. The van der Waals surface area contributed by atoms with Gasteiger partial charge in [-0.3, -0.25) is 4.79 Å². The topological polar surface area (TPSA) is 64.4 Å². The van der Waals surface area contributed by atoms with Crippen LogP contribution in [0, 0.1) is 6.92 Å². The monoisotopic (exact) mass is 336 g/mol. The van der Waals surface area contributed by atoms with E-state index in [1.54, 1.807) is 6.92 Å². The van der Waals surface area contributed by atoms with E-state index in [9.17, 15) is 4.79 Å². The molecule has 1 atom stereocenters. The molecule has 2 aromatic carbocycles. The molecule has 0 aliphatic carbocycles. The van der Waals surface area contributed by atoms with Crippen LogP contribution in [-0.4, -0.2) is 17.5 Å². The van der Waals surface area contributed by atoms with Gasteiger partial charge in [-0.05, 0) is 37.1 Å². The number of amides is 1. The van der Waals surface area contributed by atoms with Crippen LogP contribution in [-0.2, 0) is 0 Å². The third-order valence-corrected chi connectivity index (χ3v) is 3.88. The number of rotatable bonds is 6. The van der Waals surface area contributed by atoms with E-state index >= 15 is 0 Å². The van der Waals surface area contributed by atoms with Gasteiger partial charge in [0.25, 0.3) is 5.91 Å². The van der Waals surface area contributed by atoms with Gasteiger partial charge in [-0.1, -0.05) is 42.5 Å². The molecule has 3 rings (SSSR count). The largest absolute Gasteiger partial charge is 0.494 e. The minimum Gasteiger partial charge on any atom is -0.494 e. The lowest BCUT2D eigenvalue weighted by atomic mass is 9.98. The fourth-order valence-electron chi connectivity index (χ4n) is 2.64. The van der Waals surface area contributed by atoms with Gasteiger partial charge in [-0.15, -0.1) is 0 Å². The molecule has 0 radical (unpaired) electrons. The maximum absolute atomic E-state index is 12.6. The minimum absolute atomic E-state index is 0.229. The highest BCUT2D eigenvalue weighted by atomic mass is 16.5. The summed E-state index contributed by atoms with van der Waals surface area (Å²) in [7, 11) is 0. The minimum atomic E-state index is -0.297. The molecule has 0 aliphatic heterocycles. The Hall–Kier alpha value is -3.08. The third kappa shape index (κ3) is 3.88. The first-order valence-electron chi connectivity index (χ1n) is 8.17. The molecular formula is C20H20N2O3. The zero-order chi connectivity index (χ0) is 17.6. The molecule has 1 amide bonds. The first-order chi connectivity index (χ1) is 12.2. The third-order valence-electron chi connectivity index (χ3n) is 3.88. The van der Waals surface area contributed by atoms with Crippen molar-refractivity contribution in [2.24, 2.45) is 0 Å². The molecule has 0 aliphatic rings. The molecule has 1 heterocycles. The van der Waals surface area contributed by atoms with Gasteiger partial charge in [-0.2, -0.15) is 0 Å². The van der Waals surface area contributed by atoms with Gasteiger partial charge in [0.2, 0.25) is 5.76 Å². The van der Waals surface area contributed by atoms with Crippen molar-refractivity contribution in [1.29, 1.82) is 0 Å². The average Bonchev–Trinajstić information content (AvgIpc) is 3.07. The van der Waals surface area contributed by atoms with E-state index in [0.29, 0.717) is 12.3 Å². The number of carbonyl (C=O) groups excluding carboxylic acids is 1. The number of hydrogen-bond donors (Lipinski definition) is 1. The Kier molecular flexibility index (Phi) is 5.14. The highest BCUT2D eigenvalue weighted by Crippen LogP contribution is 2.25. The summed E-state index contributed by atoms with van der Waals surface area (Å²) >= 11 is 0. The number of nitrogens with one attached hydrogen (secondary N) is 1. The SMILES string of the molecule is CCOc1ccc([C@H](NC(=O)c2ocnc2C)c2ccccc2)cc1. The quantitative estimate of drug-likeness (QED) is 0.741. The van der Waals surface area contributed by atoms with Crippen molar-refractivity contribution in [3.8, 4) is 5.75 Å². The zero-order valence-electron chi connectivity index (χ0n) is 14.2. The second-order valence-electron chi connectivity index (χ2n) is 5.59. The fourth-order valence-corrected chi connectivity index (χ4v) is 2.64. The smallest absolute Gasteiger partial charge is 0.289 e. The van der Waals surface area contributed by atoms with E-state index < -0.39 is 0 Å². The van der Waals surface area contributed by atoms with Crippen molar-refractivity contribution in [3.05, 3.63) is 83.6 Å². The Labute approximate surface area is 146 Å². The molecule has 3 aromatic rings. The second kappa shape index (κ2) is 7.66. The predicted octanol–water partition coefficient (Wildman–Crippen LogP) is 3.90. The Morgan fingerprint density at radius 1 is 1.12 bits per heavy atom. The van der Waals surface area contributed by atoms with E-state index in [2.05, 4.69) is 10.3 Å². The molecule has 0 spiro atoms. The lowest BCUT2D eigenvalue weighted by Gasteiger charge is -2.19. The summed E-state index contributed by atoms with van der Waals surface area (Å²) in [6, 6.07) is 17.2. The number of nitrogens with zero attached hydrogens (tertiary/aromatic N) is 1. The van der Waals surface area contributed by atoms with Gasteiger partial charge >= 0.3 is 0 Å². The number of oxazole rings is 1. The van der Waals surface area contributed by atoms with Crippen molar-refractivity contribution in [1.82, 2.24) is 10.3 Å². The summed E-state index contributed by atoms with van der Waals surface area (Å²) in [4.78, 5) is 16.6. The van der Waals surface area contributed by atoms with Gasteiger partial charge in [0, 0.05) is 0 Å². The fraction of sp³-hybridized carbons (Fsp3) is 0.200. The van der Waals surface area contributed by atoms with Crippen LogP contribution in [0.25, 0.3) is 0 Å². The summed E-state index contributed by atoms with van der Waals surface area (Å²) in [5.41, 5.74) is 2.51. The molecule has 0 unspecified atom stereocenters. The van der Waals surface area contributed by atoms with E-state index in [1.165, 1.54) is 6.39 Å². The maximum Gasteiger partial charge on any atom is 0.289 e. The molecule has 5 nitrogen and oxygen atoms in total. The zero-order valence-corrected chi connectivity index (χ0v) is 14.2. The van der Waals surface area contributed by atoms with Crippen LogP contribution in [0.4, 0.5) is 0 Å². The molecular weight excluding hydrogens is 316 g/mol. The Bertz CT molecular complexity index is 826. The maximum atomic E-state index is 12.6. The van der Waals surface area contributed by atoms with Crippen LogP contribution in [0.3, 0.4) is 0 Å². The summed E-state index contributed by atoms with van der Waals surface area (Å²) in [6.45, 7) is 4.30. The van der Waals surface area contributed by atoms with Gasteiger partial charge in [-0.25, -0.2) is 4.98 Å². The van der Waals surface area contributed by atoms with Crippen molar-refractivity contribution in [3.63, 3.8) is 0 Å². The van der Waals surface area contributed by atoms with Crippen molar-refractivity contribution in [2.45, 2.75) is 19.9 Å². The number of aryl methyl sites for hydroxylation is 1. The molecule has 1 aromatic heterocycles. The van der Waals surface area contributed by atoms with Crippen LogP contribution in [0.5, 0.6) is 5.75 Å². The first-order valence-corrected chi connectivity index (χ1v) is 8.17. The van der Waals surface area contributed by atoms with Gasteiger partial charge in [0.1, 0.15) is 5.75 Å². The second-order valence-corrected chi connectivity index (χ2v) is 5.59. The molecule has 0 saturated carbocycles. The van der Waals surface area contributed by atoms with Crippen LogP contribution >= 0.6 is 0 Å². The predicted molar refractivity (Wildman–Crippen MR) is 94.6 cm³/mol. The van der Waals surface area contributed by atoms with Crippen LogP contribution < -0.4 is 10.1 Å². The molecule has 128 valence electrons. The molecule has 1 N–H and O–H groups in total. The molecule has 25 heavy (non-hydrogen) atoms. The van der Waals surface area contributed by atoms with Crippen LogP contribution in [0.15, 0.2) is 65.4 Å². The summed E-state index contributed by atoms with van der Waals surface area (Å²) in [6.07, 6.45) is 1.28. The molecule has 5 heteroatoms. The summed E-state index contributed by atoms with van der Waals surface area (Å²) in [5.74, 6) is 0.736. The van der Waals surface area contributed by atoms with Gasteiger partial charge in [0.05, 0.1) is 18.3 Å². The van der Waals surface area contributed by atoms with E-state index in [1.807, 2.05) is 61.5 Å². The standard InChI is InChI=1S/C20H20N2O3/c1-3-24-17-11-9-16(10-12-17)18(15-7-5-4-6-8-15)22-20(23)19-14(2)21-13-25-19/h4-13,18H,3H2,1-2H3,(H,22,23)/t18-/m1/s1. The number of aromatic nitrogens is 1. The molecule has 0 saturated heterocycles. The number of benzene rings is 2. The lowest BCUT2D eigenvalue weighted by molar-refractivity contribution is 0.0914. The molecule has 0 bridgehead atoms. The van der Waals surface area contributed by atoms with Crippen LogP contribution in [0.2, 0.25) is 0 Å². The summed E-state index contributed by atoms with van der Waals surface area (Å²) in [5, 5.41) is 3.03. The van der Waals surface area contributed by atoms with E-state index in [0.717, 1.165) is 16.9 Å². The van der Waals surface area contributed by atoms with E-state index in [-0.39, 0.29) is 17.7 Å². The van der Waals surface area contributed by atoms with Gasteiger partial charge < -0.3 is 14.5 Å². The first kappa shape index (κ1) is 16.8. The van der Waals surface area contributed by atoms with Crippen molar-refractivity contribution in [2.75, 3.05) is 6.61 Å². The Balaban J connectivity index is 1.90. The number of carbonyl (C=O) groups is 1. The van der Waals surface area contributed by atoms with Crippen LogP contribution in [0.1, 0.15) is 40.3 Å². The van der Waals surface area contributed by atoms with Gasteiger partial charge in [0.15, 0.2) is 6.39 Å². The number of hydrogen-bond acceptors (Lipinski definition) is 4.